The normalized spacial score (nSPS) is 13.0. The summed E-state index contributed by atoms with van der Waals surface area (Å²) >= 11 is 5.04. The van der Waals surface area contributed by atoms with Crippen molar-refractivity contribution in [2.75, 3.05) is 20.8 Å². The summed E-state index contributed by atoms with van der Waals surface area (Å²) in [4.78, 5) is 11.8. The topological polar surface area (TPSA) is 79.8 Å². The van der Waals surface area contributed by atoms with Gasteiger partial charge in [-0.3, -0.25) is 0 Å². The number of carbonyl (C=O) groups is 1. The van der Waals surface area contributed by atoms with Crippen molar-refractivity contribution in [3.05, 3.63) is 29.8 Å². The molecule has 0 saturated carbocycles. The largest absolute Gasteiger partial charge is 0.497 e. The Balaban J connectivity index is 2.90. The lowest BCUT2D eigenvalue weighted by atomic mass is 10.0. The van der Waals surface area contributed by atoms with Gasteiger partial charge in [0, 0.05) is 6.54 Å². The predicted octanol–water partition coefficient (Wildman–Crippen LogP) is 0.754. The molecule has 0 aliphatic carbocycles. The molecule has 0 saturated heterocycles. The Morgan fingerprint density at radius 3 is 2.43 bits per heavy atom. The Labute approximate surface area is 129 Å². The summed E-state index contributed by atoms with van der Waals surface area (Å²) in [6, 6.07) is 5.77. The van der Waals surface area contributed by atoms with Crippen molar-refractivity contribution in [1.29, 1.82) is 0 Å². The summed E-state index contributed by atoms with van der Waals surface area (Å²) in [6.07, 6.45) is -1.10. The van der Waals surface area contributed by atoms with Crippen LogP contribution in [0.15, 0.2) is 24.3 Å². The Hall–Kier alpha value is -1.86. The number of aliphatic hydroxyl groups excluding tert-OH is 1. The lowest BCUT2D eigenvalue weighted by Crippen LogP contribution is -2.49. The number of benzene rings is 1. The zero-order valence-corrected chi connectivity index (χ0v) is 13.1. The third-order valence-electron chi connectivity index (χ3n) is 2.85. The molecule has 0 fully saturated rings. The highest BCUT2D eigenvalue weighted by atomic mass is 32.1. The molecule has 0 spiro atoms. The van der Waals surface area contributed by atoms with Crippen LogP contribution in [0.25, 0.3) is 0 Å². The van der Waals surface area contributed by atoms with Crippen LogP contribution in [-0.2, 0) is 9.53 Å². The number of esters is 1. The fraction of sp³-hybridized carbons (Fsp3) is 0.429. The van der Waals surface area contributed by atoms with Crippen molar-refractivity contribution < 1.29 is 19.4 Å². The van der Waals surface area contributed by atoms with Gasteiger partial charge >= 0.3 is 5.97 Å². The van der Waals surface area contributed by atoms with Crippen molar-refractivity contribution in [2.45, 2.75) is 19.1 Å². The van der Waals surface area contributed by atoms with Crippen LogP contribution in [0.1, 0.15) is 18.6 Å². The Bertz CT molecular complexity index is 478. The van der Waals surface area contributed by atoms with Gasteiger partial charge in [-0.2, -0.15) is 0 Å². The lowest BCUT2D eigenvalue weighted by Gasteiger charge is -2.23. The second-order valence-corrected chi connectivity index (χ2v) is 4.63. The number of rotatable bonds is 6. The maximum absolute atomic E-state index is 11.8. The maximum atomic E-state index is 11.8. The van der Waals surface area contributed by atoms with E-state index in [2.05, 4.69) is 10.6 Å². The van der Waals surface area contributed by atoms with Crippen LogP contribution in [-0.4, -0.2) is 43.0 Å². The van der Waals surface area contributed by atoms with E-state index < -0.39 is 18.1 Å². The standard InChI is InChI=1S/C14H20N2O4S/c1-4-15-14(21)16-11(13(18)20-3)12(17)9-5-7-10(19-2)8-6-9/h5-8,11-12,17H,4H2,1-3H3,(H2,15,16,21). The second-order valence-electron chi connectivity index (χ2n) is 4.22. The summed E-state index contributed by atoms with van der Waals surface area (Å²) in [5.74, 6) is 0.0651. The van der Waals surface area contributed by atoms with Gasteiger partial charge in [0.1, 0.15) is 11.9 Å². The van der Waals surface area contributed by atoms with Crippen LogP contribution in [0.4, 0.5) is 0 Å². The molecule has 0 radical (unpaired) electrons. The second kappa shape index (κ2) is 8.43. The fourth-order valence-corrected chi connectivity index (χ4v) is 2.01. The SMILES string of the molecule is CCNC(=S)NC(C(=O)OC)C(O)c1ccc(OC)cc1. The molecule has 0 bridgehead atoms. The van der Waals surface area contributed by atoms with E-state index >= 15 is 0 Å². The molecule has 116 valence electrons. The number of carbonyl (C=O) groups excluding carboxylic acids is 1. The van der Waals surface area contributed by atoms with Gasteiger partial charge in [-0.05, 0) is 36.8 Å². The van der Waals surface area contributed by atoms with Gasteiger partial charge in [0.25, 0.3) is 0 Å². The molecule has 0 aromatic heterocycles. The van der Waals surface area contributed by atoms with E-state index in [1.165, 1.54) is 7.11 Å². The molecule has 0 amide bonds. The van der Waals surface area contributed by atoms with Gasteiger partial charge in [0.05, 0.1) is 14.2 Å². The number of hydrogen-bond acceptors (Lipinski definition) is 5. The number of ether oxygens (including phenoxy) is 2. The van der Waals surface area contributed by atoms with Gasteiger partial charge in [-0.15, -0.1) is 0 Å². The first-order chi connectivity index (χ1) is 10.0. The summed E-state index contributed by atoms with van der Waals surface area (Å²) in [5, 5.41) is 16.3. The van der Waals surface area contributed by atoms with Crippen LogP contribution in [0.2, 0.25) is 0 Å². The van der Waals surface area contributed by atoms with Crippen LogP contribution < -0.4 is 15.4 Å². The fourth-order valence-electron chi connectivity index (χ4n) is 1.74. The quantitative estimate of drug-likeness (QED) is 0.528. The van der Waals surface area contributed by atoms with Crippen molar-refractivity contribution >= 4 is 23.3 Å². The van der Waals surface area contributed by atoms with E-state index in [0.29, 0.717) is 17.9 Å². The van der Waals surface area contributed by atoms with Crippen molar-refractivity contribution in [2.24, 2.45) is 0 Å². The average Bonchev–Trinajstić information content (AvgIpc) is 2.51. The molecule has 1 aromatic rings. The molecule has 1 aromatic carbocycles. The van der Waals surface area contributed by atoms with Crippen LogP contribution >= 0.6 is 12.2 Å². The van der Waals surface area contributed by atoms with Crippen molar-refractivity contribution in [3.8, 4) is 5.75 Å². The molecule has 0 aliphatic heterocycles. The van der Waals surface area contributed by atoms with Gasteiger partial charge in [0.15, 0.2) is 11.2 Å². The highest BCUT2D eigenvalue weighted by Crippen LogP contribution is 2.21. The number of aliphatic hydroxyl groups is 1. The maximum Gasteiger partial charge on any atom is 0.331 e. The summed E-state index contributed by atoms with van der Waals surface area (Å²) in [7, 11) is 2.81. The Morgan fingerprint density at radius 1 is 1.33 bits per heavy atom. The van der Waals surface area contributed by atoms with Gasteiger partial charge in [-0.25, -0.2) is 4.79 Å². The van der Waals surface area contributed by atoms with E-state index in [-0.39, 0.29) is 5.11 Å². The molecule has 1 rings (SSSR count). The van der Waals surface area contributed by atoms with E-state index in [1.807, 2.05) is 6.92 Å². The van der Waals surface area contributed by atoms with E-state index in [9.17, 15) is 9.90 Å². The first-order valence-corrected chi connectivity index (χ1v) is 6.88. The molecule has 21 heavy (non-hydrogen) atoms. The minimum absolute atomic E-state index is 0.278. The monoisotopic (exact) mass is 312 g/mol. The number of methoxy groups -OCH3 is 2. The molecule has 2 unspecified atom stereocenters. The van der Waals surface area contributed by atoms with E-state index in [0.717, 1.165) is 0 Å². The summed E-state index contributed by atoms with van der Waals surface area (Å²) < 4.78 is 9.76. The Morgan fingerprint density at radius 2 is 1.95 bits per heavy atom. The third-order valence-corrected chi connectivity index (χ3v) is 3.11. The minimum atomic E-state index is -1.10. The zero-order valence-electron chi connectivity index (χ0n) is 12.3. The molecule has 7 heteroatoms. The molecule has 3 N–H and O–H groups in total. The third kappa shape index (κ3) is 4.87. The zero-order chi connectivity index (χ0) is 15.8. The first-order valence-electron chi connectivity index (χ1n) is 6.47. The number of thiocarbonyl (C=S) groups is 1. The lowest BCUT2D eigenvalue weighted by molar-refractivity contribution is -0.145. The molecule has 6 nitrogen and oxygen atoms in total. The smallest absolute Gasteiger partial charge is 0.331 e. The average molecular weight is 312 g/mol. The van der Waals surface area contributed by atoms with E-state index in [4.69, 9.17) is 21.7 Å². The highest BCUT2D eigenvalue weighted by molar-refractivity contribution is 7.80. The van der Waals surface area contributed by atoms with Gasteiger partial charge in [-0.1, -0.05) is 12.1 Å². The molecule has 0 aliphatic rings. The molecule has 0 heterocycles. The van der Waals surface area contributed by atoms with Crippen molar-refractivity contribution in [1.82, 2.24) is 10.6 Å². The van der Waals surface area contributed by atoms with Crippen LogP contribution in [0, 0.1) is 0 Å². The molecular weight excluding hydrogens is 292 g/mol. The Kier molecular flexibility index (Phi) is 6.90. The summed E-state index contributed by atoms with van der Waals surface area (Å²) in [5.41, 5.74) is 0.554. The van der Waals surface area contributed by atoms with Gasteiger partial charge < -0.3 is 25.2 Å². The van der Waals surface area contributed by atoms with Crippen LogP contribution in [0.5, 0.6) is 5.75 Å². The number of hydrogen-bond donors (Lipinski definition) is 3. The van der Waals surface area contributed by atoms with Crippen molar-refractivity contribution in [3.63, 3.8) is 0 Å². The molecular formula is C14H20N2O4S. The minimum Gasteiger partial charge on any atom is -0.497 e. The van der Waals surface area contributed by atoms with Gasteiger partial charge in [0.2, 0.25) is 0 Å². The molecule has 2 atom stereocenters. The highest BCUT2D eigenvalue weighted by Gasteiger charge is 2.29. The summed E-state index contributed by atoms with van der Waals surface area (Å²) in [6.45, 7) is 2.49. The first kappa shape index (κ1) is 17.2. The number of nitrogens with one attached hydrogen (secondary N) is 2. The van der Waals surface area contributed by atoms with Crippen LogP contribution in [0.3, 0.4) is 0 Å². The van der Waals surface area contributed by atoms with E-state index in [1.54, 1.807) is 31.4 Å². The predicted molar refractivity (Wildman–Crippen MR) is 83.2 cm³/mol.